The Kier molecular flexibility index (Phi) is 5.21. The van der Waals surface area contributed by atoms with Gasteiger partial charge in [0, 0.05) is 6.04 Å². The molecule has 1 amide bonds. The van der Waals surface area contributed by atoms with Gasteiger partial charge in [-0.2, -0.15) is 0 Å². The van der Waals surface area contributed by atoms with Crippen LogP contribution in [0.3, 0.4) is 0 Å². The van der Waals surface area contributed by atoms with Crippen molar-refractivity contribution in [1.82, 2.24) is 20.1 Å². The zero-order chi connectivity index (χ0) is 19.5. The average Bonchev–Trinajstić information content (AvgIpc) is 3.39. The first-order chi connectivity index (χ1) is 13.6. The monoisotopic (exact) mass is 396 g/mol. The van der Waals surface area contributed by atoms with Crippen LogP contribution in [0, 0.1) is 5.92 Å². The van der Waals surface area contributed by atoms with E-state index in [1.165, 1.54) is 11.3 Å². The van der Waals surface area contributed by atoms with E-state index in [4.69, 9.17) is 5.11 Å². The number of para-hydroxylation sites is 1. The lowest BCUT2D eigenvalue weighted by molar-refractivity contribution is -0.142. The highest BCUT2D eigenvalue weighted by atomic mass is 32.1. The summed E-state index contributed by atoms with van der Waals surface area (Å²) in [5.74, 6) is -0.651. The van der Waals surface area contributed by atoms with E-state index in [0.29, 0.717) is 31.5 Å². The van der Waals surface area contributed by atoms with Crippen LogP contribution in [0.2, 0.25) is 0 Å². The first-order valence-corrected chi connectivity index (χ1v) is 10.1. The van der Waals surface area contributed by atoms with E-state index in [1.807, 2.05) is 47.8 Å². The maximum Gasteiger partial charge on any atom is 0.306 e. The summed E-state index contributed by atoms with van der Waals surface area (Å²) in [4.78, 5) is 29.2. The molecule has 144 valence electrons. The predicted molar refractivity (Wildman–Crippen MR) is 106 cm³/mol. The Labute approximate surface area is 166 Å². The van der Waals surface area contributed by atoms with Crippen molar-refractivity contribution in [2.75, 3.05) is 0 Å². The van der Waals surface area contributed by atoms with Crippen LogP contribution in [0.25, 0.3) is 16.4 Å². The highest BCUT2D eigenvalue weighted by molar-refractivity contribution is 7.13. The summed E-state index contributed by atoms with van der Waals surface area (Å²) in [6.45, 7) is 0. The fraction of sp³-hybridized carbons (Fsp3) is 0.300. The number of hydrogen-bond donors (Lipinski definition) is 2. The molecule has 1 aromatic carbocycles. The van der Waals surface area contributed by atoms with Crippen molar-refractivity contribution < 1.29 is 14.7 Å². The molecular formula is C20H20N4O3S. The fourth-order valence-corrected chi connectivity index (χ4v) is 4.16. The standard InChI is InChI=1S/C20H20N4O3S/c25-19(21-14-10-8-13(9-11-14)20(26)27)17-22-18(16-7-4-12-28-16)24(23-17)15-5-2-1-3-6-15/h1-7,12-14H,8-11H2,(H,21,25)(H,26,27). The largest absolute Gasteiger partial charge is 0.481 e. The molecule has 1 fully saturated rings. The number of amides is 1. The van der Waals surface area contributed by atoms with Gasteiger partial charge in [-0.1, -0.05) is 24.3 Å². The van der Waals surface area contributed by atoms with Crippen LogP contribution in [-0.4, -0.2) is 37.8 Å². The number of carboxylic acids is 1. The maximum absolute atomic E-state index is 12.7. The number of hydrogen-bond acceptors (Lipinski definition) is 5. The summed E-state index contributed by atoms with van der Waals surface area (Å²) in [5.41, 5.74) is 0.833. The lowest BCUT2D eigenvalue weighted by atomic mass is 9.86. The third-order valence-corrected chi connectivity index (χ3v) is 5.83. The molecule has 0 atom stereocenters. The molecule has 1 saturated carbocycles. The molecule has 0 unspecified atom stereocenters. The van der Waals surface area contributed by atoms with Crippen LogP contribution in [-0.2, 0) is 4.79 Å². The number of nitrogens with one attached hydrogen (secondary N) is 1. The van der Waals surface area contributed by atoms with Gasteiger partial charge < -0.3 is 10.4 Å². The average molecular weight is 396 g/mol. The van der Waals surface area contributed by atoms with Gasteiger partial charge in [0.15, 0.2) is 5.82 Å². The zero-order valence-electron chi connectivity index (χ0n) is 15.1. The number of carboxylic acid groups (broad SMARTS) is 1. The molecule has 0 saturated heterocycles. The molecule has 28 heavy (non-hydrogen) atoms. The minimum Gasteiger partial charge on any atom is -0.481 e. The summed E-state index contributed by atoms with van der Waals surface area (Å²) in [6.07, 6.45) is 2.46. The molecule has 1 aliphatic carbocycles. The van der Waals surface area contributed by atoms with E-state index < -0.39 is 5.97 Å². The molecule has 2 N–H and O–H groups in total. The van der Waals surface area contributed by atoms with Crippen LogP contribution < -0.4 is 5.32 Å². The highest BCUT2D eigenvalue weighted by Gasteiger charge is 2.28. The van der Waals surface area contributed by atoms with Crippen LogP contribution in [0.5, 0.6) is 0 Å². The Morgan fingerprint density at radius 2 is 1.82 bits per heavy atom. The van der Waals surface area contributed by atoms with Gasteiger partial charge in [0.05, 0.1) is 16.5 Å². The number of aliphatic carboxylic acids is 1. The minimum atomic E-state index is -0.756. The van der Waals surface area contributed by atoms with Crippen LogP contribution >= 0.6 is 11.3 Å². The first-order valence-electron chi connectivity index (χ1n) is 9.22. The van der Waals surface area contributed by atoms with Crippen molar-refractivity contribution in [3.63, 3.8) is 0 Å². The topological polar surface area (TPSA) is 97.1 Å². The molecular weight excluding hydrogens is 376 g/mol. The molecule has 2 heterocycles. The second-order valence-electron chi connectivity index (χ2n) is 6.84. The molecule has 0 radical (unpaired) electrons. The van der Waals surface area contributed by atoms with E-state index in [1.54, 1.807) is 4.68 Å². The van der Waals surface area contributed by atoms with Crippen molar-refractivity contribution >= 4 is 23.2 Å². The lowest BCUT2D eigenvalue weighted by Gasteiger charge is -2.26. The molecule has 7 nitrogen and oxygen atoms in total. The molecule has 8 heteroatoms. The van der Waals surface area contributed by atoms with Crippen molar-refractivity contribution in [2.24, 2.45) is 5.92 Å². The SMILES string of the molecule is O=C(NC1CCC(C(=O)O)CC1)c1nc(-c2cccs2)n(-c2ccccc2)n1. The summed E-state index contributed by atoms with van der Waals surface area (Å²) >= 11 is 1.54. The number of benzene rings is 1. The third-order valence-electron chi connectivity index (χ3n) is 4.96. The van der Waals surface area contributed by atoms with E-state index in [2.05, 4.69) is 15.4 Å². The summed E-state index contributed by atoms with van der Waals surface area (Å²) in [6, 6.07) is 13.4. The summed E-state index contributed by atoms with van der Waals surface area (Å²) in [7, 11) is 0. The Balaban J connectivity index is 1.55. The van der Waals surface area contributed by atoms with E-state index in [0.717, 1.165) is 10.6 Å². The van der Waals surface area contributed by atoms with E-state index in [-0.39, 0.29) is 23.7 Å². The van der Waals surface area contributed by atoms with Gasteiger partial charge >= 0.3 is 5.97 Å². The van der Waals surface area contributed by atoms with Gasteiger partial charge in [0.1, 0.15) is 0 Å². The minimum absolute atomic E-state index is 0.0445. The fourth-order valence-electron chi connectivity index (χ4n) is 3.46. The quantitative estimate of drug-likeness (QED) is 0.689. The number of rotatable bonds is 5. The van der Waals surface area contributed by atoms with Gasteiger partial charge in [0.2, 0.25) is 5.82 Å². The van der Waals surface area contributed by atoms with E-state index >= 15 is 0 Å². The van der Waals surface area contributed by atoms with Crippen molar-refractivity contribution in [2.45, 2.75) is 31.7 Å². The highest BCUT2D eigenvalue weighted by Crippen LogP contribution is 2.27. The Morgan fingerprint density at radius 1 is 1.07 bits per heavy atom. The summed E-state index contributed by atoms with van der Waals surface area (Å²) < 4.78 is 1.68. The van der Waals surface area contributed by atoms with Gasteiger partial charge in [-0.3, -0.25) is 9.59 Å². The normalized spacial score (nSPS) is 19.3. The van der Waals surface area contributed by atoms with Gasteiger partial charge in [-0.25, -0.2) is 9.67 Å². The number of thiophene rings is 1. The van der Waals surface area contributed by atoms with Gasteiger partial charge in [-0.15, -0.1) is 16.4 Å². The molecule has 1 aliphatic rings. The summed E-state index contributed by atoms with van der Waals surface area (Å²) in [5, 5.41) is 18.5. The first kappa shape index (κ1) is 18.4. The molecule has 3 aromatic rings. The van der Waals surface area contributed by atoms with Crippen LogP contribution in [0.4, 0.5) is 0 Å². The lowest BCUT2D eigenvalue weighted by Crippen LogP contribution is -2.39. The van der Waals surface area contributed by atoms with Gasteiger partial charge in [-0.05, 0) is 49.3 Å². The smallest absolute Gasteiger partial charge is 0.306 e. The van der Waals surface area contributed by atoms with Crippen LogP contribution in [0.15, 0.2) is 47.8 Å². The Morgan fingerprint density at radius 3 is 2.46 bits per heavy atom. The second kappa shape index (κ2) is 7.93. The van der Waals surface area contributed by atoms with Crippen LogP contribution in [0.1, 0.15) is 36.3 Å². The number of carbonyl (C=O) groups is 2. The second-order valence-corrected chi connectivity index (χ2v) is 7.79. The number of aromatic nitrogens is 3. The van der Waals surface area contributed by atoms with Crippen molar-refractivity contribution in [3.05, 3.63) is 53.7 Å². The Bertz CT molecular complexity index is 961. The molecule has 4 rings (SSSR count). The third kappa shape index (κ3) is 3.82. The van der Waals surface area contributed by atoms with Crippen molar-refractivity contribution in [1.29, 1.82) is 0 Å². The van der Waals surface area contributed by atoms with Gasteiger partial charge in [0.25, 0.3) is 5.91 Å². The maximum atomic E-state index is 12.7. The zero-order valence-corrected chi connectivity index (χ0v) is 15.9. The Hall–Kier alpha value is -3.00. The molecule has 2 aromatic heterocycles. The predicted octanol–water partition coefficient (Wildman–Crippen LogP) is 3.37. The molecule has 0 spiro atoms. The van der Waals surface area contributed by atoms with Crippen molar-refractivity contribution in [3.8, 4) is 16.4 Å². The molecule has 0 bridgehead atoms. The number of carbonyl (C=O) groups excluding carboxylic acids is 1. The van der Waals surface area contributed by atoms with E-state index in [9.17, 15) is 9.59 Å². The number of nitrogens with zero attached hydrogens (tertiary/aromatic N) is 3. The molecule has 0 aliphatic heterocycles.